The molecule has 1 heterocycles. The monoisotopic (exact) mass is 330 g/mol. The van der Waals surface area contributed by atoms with Gasteiger partial charge in [-0.2, -0.15) is 5.26 Å². The first-order valence-electron chi connectivity index (χ1n) is 8.02. The van der Waals surface area contributed by atoms with E-state index in [2.05, 4.69) is 16.3 Å². The molecule has 0 saturated carbocycles. The maximum Gasteiger partial charge on any atom is 0.174 e. The lowest BCUT2D eigenvalue weighted by Gasteiger charge is -2.05. The molecule has 0 spiro atoms. The number of aromatic nitrogens is 3. The van der Waals surface area contributed by atoms with E-state index in [0.29, 0.717) is 18.0 Å². The van der Waals surface area contributed by atoms with Crippen LogP contribution in [0.25, 0.3) is 23.0 Å². The van der Waals surface area contributed by atoms with E-state index in [9.17, 15) is 5.26 Å². The number of hydrogen-bond donors (Lipinski definition) is 0. The average molecular weight is 330 g/mol. The Bertz CT molecular complexity index is 936. The van der Waals surface area contributed by atoms with Crippen molar-refractivity contribution in [3.05, 3.63) is 66.0 Å². The number of nitrogens with zero attached hydrogens (tertiary/aromatic N) is 4. The lowest BCUT2D eigenvalue weighted by atomic mass is 10.1. The molecular weight excluding hydrogens is 312 g/mol. The summed E-state index contributed by atoms with van der Waals surface area (Å²) in [5, 5.41) is 18.0. The molecule has 0 aliphatic rings. The second-order valence-electron chi connectivity index (χ2n) is 5.45. The molecule has 3 aromatic rings. The van der Waals surface area contributed by atoms with Crippen molar-refractivity contribution in [3.8, 4) is 23.2 Å². The summed E-state index contributed by atoms with van der Waals surface area (Å²) in [6, 6.07) is 19.6. The summed E-state index contributed by atoms with van der Waals surface area (Å²) >= 11 is 0. The standard InChI is InChI=1S/C20H18N4O/c1-3-25-18-11-7-8-15(13-18)12-17(14-21)20-23-22-19(24(20)2)16-9-5-4-6-10-16/h4-13H,3H2,1-2H3/b17-12+. The molecule has 0 N–H and O–H groups in total. The topological polar surface area (TPSA) is 63.7 Å². The minimum absolute atomic E-state index is 0.450. The molecule has 25 heavy (non-hydrogen) atoms. The van der Waals surface area contributed by atoms with Crippen molar-refractivity contribution in [1.29, 1.82) is 5.26 Å². The largest absolute Gasteiger partial charge is 0.494 e. The third kappa shape index (κ3) is 3.59. The average Bonchev–Trinajstić information content (AvgIpc) is 3.02. The van der Waals surface area contributed by atoms with Crippen molar-refractivity contribution < 1.29 is 4.74 Å². The first kappa shape index (κ1) is 16.5. The fourth-order valence-corrected chi connectivity index (χ4v) is 2.58. The van der Waals surface area contributed by atoms with E-state index in [0.717, 1.165) is 22.7 Å². The van der Waals surface area contributed by atoms with E-state index < -0.39 is 0 Å². The zero-order valence-corrected chi connectivity index (χ0v) is 14.2. The molecule has 0 unspecified atom stereocenters. The Hall–Kier alpha value is -3.39. The Morgan fingerprint density at radius 2 is 1.96 bits per heavy atom. The van der Waals surface area contributed by atoms with Gasteiger partial charge in [0.15, 0.2) is 11.6 Å². The Labute approximate surface area is 146 Å². The van der Waals surface area contributed by atoms with Gasteiger partial charge in [0.1, 0.15) is 11.8 Å². The zero-order chi connectivity index (χ0) is 17.6. The van der Waals surface area contributed by atoms with Crippen LogP contribution < -0.4 is 4.74 Å². The second-order valence-corrected chi connectivity index (χ2v) is 5.45. The minimum Gasteiger partial charge on any atom is -0.494 e. The highest BCUT2D eigenvalue weighted by molar-refractivity contribution is 5.87. The summed E-state index contributed by atoms with van der Waals surface area (Å²) in [5.41, 5.74) is 2.29. The molecule has 0 amide bonds. The fourth-order valence-electron chi connectivity index (χ4n) is 2.58. The zero-order valence-electron chi connectivity index (χ0n) is 14.2. The molecule has 3 rings (SSSR count). The van der Waals surface area contributed by atoms with Gasteiger partial charge in [-0.3, -0.25) is 0 Å². The van der Waals surface area contributed by atoms with Crippen LogP contribution in [0.1, 0.15) is 18.3 Å². The van der Waals surface area contributed by atoms with Crippen LogP contribution in [0.4, 0.5) is 0 Å². The summed E-state index contributed by atoms with van der Waals surface area (Å²) < 4.78 is 7.34. The molecule has 0 bridgehead atoms. The number of allylic oxidation sites excluding steroid dienone is 1. The smallest absolute Gasteiger partial charge is 0.174 e. The van der Waals surface area contributed by atoms with Crippen LogP contribution in [-0.2, 0) is 7.05 Å². The molecule has 0 fully saturated rings. The van der Waals surface area contributed by atoms with Crippen molar-refractivity contribution in [1.82, 2.24) is 14.8 Å². The van der Waals surface area contributed by atoms with Gasteiger partial charge in [0.25, 0.3) is 0 Å². The number of nitriles is 1. The fraction of sp³-hybridized carbons (Fsp3) is 0.150. The van der Waals surface area contributed by atoms with Crippen LogP contribution in [0.3, 0.4) is 0 Å². The molecule has 0 atom stereocenters. The molecular formula is C20H18N4O. The third-order valence-electron chi connectivity index (χ3n) is 3.75. The molecule has 5 heteroatoms. The maximum atomic E-state index is 9.59. The second kappa shape index (κ2) is 7.45. The van der Waals surface area contributed by atoms with Gasteiger partial charge < -0.3 is 9.30 Å². The highest BCUT2D eigenvalue weighted by atomic mass is 16.5. The predicted octanol–water partition coefficient (Wildman–Crippen LogP) is 3.94. The lowest BCUT2D eigenvalue weighted by molar-refractivity contribution is 0.340. The van der Waals surface area contributed by atoms with E-state index in [1.54, 1.807) is 6.08 Å². The maximum absolute atomic E-state index is 9.59. The van der Waals surface area contributed by atoms with Gasteiger partial charge in [-0.1, -0.05) is 42.5 Å². The first-order valence-corrected chi connectivity index (χ1v) is 8.02. The SMILES string of the molecule is CCOc1cccc(/C=C(\C#N)c2nnc(-c3ccccc3)n2C)c1. The van der Waals surface area contributed by atoms with Crippen molar-refractivity contribution in [2.75, 3.05) is 6.61 Å². The van der Waals surface area contributed by atoms with Crippen LogP contribution in [0.15, 0.2) is 54.6 Å². The number of rotatable bonds is 5. The molecule has 0 aliphatic carbocycles. The summed E-state index contributed by atoms with van der Waals surface area (Å²) in [6.45, 7) is 2.54. The Morgan fingerprint density at radius 1 is 1.16 bits per heavy atom. The van der Waals surface area contributed by atoms with Gasteiger partial charge in [0, 0.05) is 12.6 Å². The number of benzene rings is 2. The summed E-state index contributed by atoms with van der Waals surface area (Å²) in [6.07, 6.45) is 1.79. The molecule has 0 radical (unpaired) electrons. The predicted molar refractivity (Wildman–Crippen MR) is 97.5 cm³/mol. The van der Waals surface area contributed by atoms with Crippen molar-refractivity contribution in [2.24, 2.45) is 7.05 Å². The normalized spacial score (nSPS) is 11.2. The molecule has 2 aromatic carbocycles. The van der Waals surface area contributed by atoms with Crippen LogP contribution in [0.5, 0.6) is 5.75 Å². The highest BCUT2D eigenvalue weighted by Crippen LogP contribution is 2.23. The molecule has 0 saturated heterocycles. The van der Waals surface area contributed by atoms with Gasteiger partial charge in [-0.25, -0.2) is 0 Å². The van der Waals surface area contributed by atoms with Crippen molar-refractivity contribution in [3.63, 3.8) is 0 Å². The van der Waals surface area contributed by atoms with Crippen LogP contribution in [-0.4, -0.2) is 21.4 Å². The van der Waals surface area contributed by atoms with Crippen molar-refractivity contribution >= 4 is 11.6 Å². The van der Waals surface area contributed by atoms with Crippen LogP contribution >= 0.6 is 0 Å². The van der Waals surface area contributed by atoms with Gasteiger partial charge in [-0.15, -0.1) is 10.2 Å². The molecule has 0 aliphatic heterocycles. The Kier molecular flexibility index (Phi) is 4.91. The Balaban J connectivity index is 1.98. The molecule has 124 valence electrons. The number of hydrogen-bond acceptors (Lipinski definition) is 4. The van der Waals surface area contributed by atoms with Gasteiger partial charge in [0.2, 0.25) is 0 Å². The minimum atomic E-state index is 0.450. The van der Waals surface area contributed by atoms with E-state index in [1.807, 2.05) is 73.1 Å². The van der Waals surface area contributed by atoms with Crippen LogP contribution in [0, 0.1) is 11.3 Å². The lowest BCUT2D eigenvalue weighted by Crippen LogP contribution is -1.98. The summed E-state index contributed by atoms with van der Waals surface area (Å²) in [4.78, 5) is 0. The van der Waals surface area contributed by atoms with E-state index in [4.69, 9.17) is 4.74 Å². The summed E-state index contributed by atoms with van der Waals surface area (Å²) in [5.74, 6) is 2.03. The Morgan fingerprint density at radius 3 is 2.68 bits per heavy atom. The van der Waals surface area contributed by atoms with Gasteiger partial charge in [-0.05, 0) is 30.7 Å². The van der Waals surface area contributed by atoms with Crippen molar-refractivity contribution in [2.45, 2.75) is 6.92 Å². The van der Waals surface area contributed by atoms with E-state index >= 15 is 0 Å². The summed E-state index contributed by atoms with van der Waals surface area (Å²) in [7, 11) is 1.86. The first-order chi connectivity index (χ1) is 12.2. The van der Waals surface area contributed by atoms with Crippen LogP contribution in [0.2, 0.25) is 0 Å². The number of ether oxygens (including phenoxy) is 1. The van der Waals surface area contributed by atoms with E-state index in [1.165, 1.54) is 0 Å². The highest BCUT2D eigenvalue weighted by Gasteiger charge is 2.14. The molecule has 5 nitrogen and oxygen atoms in total. The quantitative estimate of drug-likeness (QED) is 0.665. The van der Waals surface area contributed by atoms with Gasteiger partial charge >= 0.3 is 0 Å². The third-order valence-corrected chi connectivity index (χ3v) is 3.75. The van der Waals surface area contributed by atoms with Gasteiger partial charge in [0.05, 0.1) is 12.2 Å². The molecule has 1 aromatic heterocycles. The van der Waals surface area contributed by atoms with E-state index in [-0.39, 0.29) is 0 Å².